The number of carbonyl (C=O) groups is 1. The molecule has 3 aromatic rings. The minimum absolute atomic E-state index is 0.289. The average Bonchev–Trinajstić information content (AvgIpc) is 2.91. The van der Waals surface area contributed by atoms with E-state index in [1.54, 1.807) is 0 Å². The normalized spacial score (nSPS) is 10.7. The van der Waals surface area contributed by atoms with E-state index in [1.165, 1.54) is 5.56 Å². The minimum Gasteiger partial charge on any atom is -0.308 e. The van der Waals surface area contributed by atoms with Crippen LogP contribution in [0.1, 0.15) is 29.4 Å². The van der Waals surface area contributed by atoms with Crippen molar-refractivity contribution in [1.29, 1.82) is 0 Å². The minimum atomic E-state index is -0.289. The van der Waals surface area contributed by atoms with Crippen molar-refractivity contribution in [2.75, 3.05) is 10.6 Å². The van der Waals surface area contributed by atoms with E-state index in [9.17, 15) is 4.79 Å². The first-order chi connectivity index (χ1) is 13.0. The number of benzene rings is 2. The standard InChI is InChI=1S/C21H23ClN4O/c1-4-16-9-11-18(12-10-16)23-21(27)24-20-14(2)25-26(15(20)3)13-17-7-5-6-8-19(17)22/h5-12H,4,13H2,1-3H3,(H2,23,24,27). The molecule has 0 bridgehead atoms. The lowest BCUT2D eigenvalue weighted by Crippen LogP contribution is -2.20. The number of hydrogen-bond donors (Lipinski definition) is 2. The number of rotatable bonds is 5. The summed E-state index contributed by atoms with van der Waals surface area (Å²) in [4.78, 5) is 12.4. The third kappa shape index (κ3) is 4.49. The Bertz CT molecular complexity index is 947. The number of aromatic nitrogens is 2. The van der Waals surface area contributed by atoms with Crippen LogP contribution < -0.4 is 10.6 Å². The van der Waals surface area contributed by atoms with Gasteiger partial charge in [-0.05, 0) is 49.6 Å². The van der Waals surface area contributed by atoms with Gasteiger partial charge in [0.25, 0.3) is 0 Å². The molecule has 2 N–H and O–H groups in total. The van der Waals surface area contributed by atoms with Gasteiger partial charge in [-0.25, -0.2) is 4.79 Å². The number of carbonyl (C=O) groups excluding carboxylic acids is 1. The molecule has 140 valence electrons. The molecule has 0 saturated carbocycles. The smallest absolute Gasteiger partial charge is 0.308 e. The van der Waals surface area contributed by atoms with Crippen molar-refractivity contribution in [2.45, 2.75) is 33.7 Å². The maximum absolute atomic E-state index is 12.4. The zero-order valence-corrected chi connectivity index (χ0v) is 16.5. The van der Waals surface area contributed by atoms with Gasteiger partial charge in [0.15, 0.2) is 0 Å². The Balaban J connectivity index is 1.72. The van der Waals surface area contributed by atoms with Crippen molar-refractivity contribution >= 4 is 29.0 Å². The van der Waals surface area contributed by atoms with Crippen LogP contribution >= 0.6 is 11.6 Å². The van der Waals surface area contributed by atoms with Gasteiger partial charge < -0.3 is 10.6 Å². The molecule has 6 heteroatoms. The summed E-state index contributed by atoms with van der Waals surface area (Å²) in [7, 11) is 0. The van der Waals surface area contributed by atoms with Crippen LogP contribution in [0, 0.1) is 13.8 Å². The van der Waals surface area contributed by atoms with Crippen LogP contribution in [0.3, 0.4) is 0 Å². The Morgan fingerprint density at radius 2 is 1.78 bits per heavy atom. The molecule has 0 unspecified atom stereocenters. The third-order valence-electron chi connectivity index (χ3n) is 4.52. The number of nitrogens with zero attached hydrogens (tertiary/aromatic N) is 2. The topological polar surface area (TPSA) is 59.0 Å². The van der Waals surface area contributed by atoms with Crippen LogP contribution in [-0.4, -0.2) is 15.8 Å². The number of aryl methyl sites for hydroxylation is 2. The summed E-state index contributed by atoms with van der Waals surface area (Å²) in [6.07, 6.45) is 0.968. The highest BCUT2D eigenvalue weighted by Gasteiger charge is 2.15. The second kappa shape index (κ2) is 8.27. The van der Waals surface area contributed by atoms with Crippen molar-refractivity contribution < 1.29 is 4.79 Å². The number of amides is 2. The van der Waals surface area contributed by atoms with Crippen molar-refractivity contribution in [3.05, 3.63) is 76.1 Å². The van der Waals surface area contributed by atoms with Crippen LogP contribution in [0.2, 0.25) is 5.02 Å². The first-order valence-electron chi connectivity index (χ1n) is 8.92. The molecular formula is C21H23ClN4O. The fourth-order valence-corrected chi connectivity index (χ4v) is 3.11. The molecule has 0 aliphatic heterocycles. The second-order valence-corrected chi connectivity index (χ2v) is 6.83. The zero-order chi connectivity index (χ0) is 19.4. The van der Waals surface area contributed by atoms with Crippen LogP contribution in [0.4, 0.5) is 16.2 Å². The van der Waals surface area contributed by atoms with Crippen LogP contribution in [0.25, 0.3) is 0 Å². The molecule has 0 spiro atoms. The van der Waals surface area contributed by atoms with Gasteiger partial charge in [-0.3, -0.25) is 4.68 Å². The van der Waals surface area contributed by atoms with E-state index in [1.807, 2.05) is 67.1 Å². The molecule has 0 aliphatic rings. The van der Waals surface area contributed by atoms with Gasteiger partial charge in [-0.2, -0.15) is 5.10 Å². The van der Waals surface area contributed by atoms with E-state index in [4.69, 9.17) is 11.6 Å². The summed E-state index contributed by atoms with van der Waals surface area (Å²) in [5.74, 6) is 0. The van der Waals surface area contributed by atoms with Crippen molar-refractivity contribution in [1.82, 2.24) is 9.78 Å². The Morgan fingerprint density at radius 1 is 1.07 bits per heavy atom. The van der Waals surface area contributed by atoms with Gasteiger partial charge >= 0.3 is 6.03 Å². The molecule has 0 saturated heterocycles. The Hall–Kier alpha value is -2.79. The highest BCUT2D eigenvalue weighted by molar-refractivity contribution is 6.31. The van der Waals surface area contributed by atoms with Gasteiger partial charge in [0, 0.05) is 10.7 Å². The second-order valence-electron chi connectivity index (χ2n) is 6.42. The molecule has 5 nitrogen and oxygen atoms in total. The number of anilines is 2. The van der Waals surface area contributed by atoms with E-state index < -0.39 is 0 Å². The quantitative estimate of drug-likeness (QED) is 0.620. The summed E-state index contributed by atoms with van der Waals surface area (Å²) < 4.78 is 1.85. The fraction of sp³-hybridized carbons (Fsp3) is 0.238. The molecule has 0 atom stereocenters. The molecule has 3 rings (SSSR count). The van der Waals surface area contributed by atoms with Gasteiger partial charge in [0.2, 0.25) is 0 Å². The van der Waals surface area contributed by atoms with E-state index in [2.05, 4.69) is 22.7 Å². The van der Waals surface area contributed by atoms with E-state index in [0.717, 1.165) is 29.1 Å². The monoisotopic (exact) mass is 382 g/mol. The fourth-order valence-electron chi connectivity index (χ4n) is 2.92. The van der Waals surface area contributed by atoms with Crippen molar-refractivity contribution in [3.63, 3.8) is 0 Å². The summed E-state index contributed by atoms with van der Waals surface area (Å²) in [6.45, 7) is 6.46. The SMILES string of the molecule is CCc1ccc(NC(=O)Nc2c(C)nn(Cc3ccccc3Cl)c2C)cc1. The molecule has 1 heterocycles. The lowest BCUT2D eigenvalue weighted by atomic mass is 10.1. The molecule has 27 heavy (non-hydrogen) atoms. The van der Waals surface area contributed by atoms with E-state index >= 15 is 0 Å². The van der Waals surface area contributed by atoms with Crippen LogP contribution in [0.15, 0.2) is 48.5 Å². The van der Waals surface area contributed by atoms with Gasteiger partial charge in [0.05, 0.1) is 23.6 Å². The van der Waals surface area contributed by atoms with E-state index in [0.29, 0.717) is 17.3 Å². The van der Waals surface area contributed by atoms with Crippen LogP contribution in [0.5, 0.6) is 0 Å². The Morgan fingerprint density at radius 3 is 2.44 bits per heavy atom. The number of urea groups is 1. The Kier molecular flexibility index (Phi) is 5.81. The molecule has 2 amide bonds. The zero-order valence-electron chi connectivity index (χ0n) is 15.7. The maximum atomic E-state index is 12.4. The van der Waals surface area contributed by atoms with Crippen LogP contribution in [-0.2, 0) is 13.0 Å². The lowest BCUT2D eigenvalue weighted by molar-refractivity contribution is 0.262. The third-order valence-corrected chi connectivity index (χ3v) is 4.89. The maximum Gasteiger partial charge on any atom is 0.323 e. The number of hydrogen-bond acceptors (Lipinski definition) is 2. The van der Waals surface area contributed by atoms with Gasteiger partial charge in [0.1, 0.15) is 0 Å². The van der Waals surface area contributed by atoms with Gasteiger partial charge in [-0.15, -0.1) is 0 Å². The van der Waals surface area contributed by atoms with Crippen molar-refractivity contribution in [2.24, 2.45) is 0 Å². The summed E-state index contributed by atoms with van der Waals surface area (Å²) in [5.41, 5.74) is 5.32. The summed E-state index contributed by atoms with van der Waals surface area (Å²) >= 11 is 6.25. The number of halogens is 1. The van der Waals surface area contributed by atoms with Crippen molar-refractivity contribution in [3.8, 4) is 0 Å². The first-order valence-corrected chi connectivity index (χ1v) is 9.30. The Labute approximate surface area is 164 Å². The lowest BCUT2D eigenvalue weighted by Gasteiger charge is -2.10. The summed E-state index contributed by atoms with van der Waals surface area (Å²) in [5, 5.41) is 11.0. The first kappa shape index (κ1) is 19.0. The largest absolute Gasteiger partial charge is 0.323 e. The predicted octanol–water partition coefficient (Wildman–Crippen LogP) is 5.41. The molecule has 2 aromatic carbocycles. The van der Waals surface area contributed by atoms with E-state index in [-0.39, 0.29) is 6.03 Å². The molecule has 0 aliphatic carbocycles. The summed E-state index contributed by atoms with van der Waals surface area (Å²) in [6, 6.07) is 15.2. The number of nitrogens with one attached hydrogen (secondary N) is 2. The molecule has 1 aromatic heterocycles. The average molecular weight is 383 g/mol. The molecule has 0 fully saturated rings. The molecular weight excluding hydrogens is 360 g/mol. The highest BCUT2D eigenvalue weighted by Crippen LogP contribution is 2.23. The molecule has 0 radical (unpaired) electrons. The van der Waals surface area contributed by atoms with Gasteiger partial charge in [-0.1, -0.05) is 48.9 Å². The highest BCUT2D eigenvalue weighted by atomic mass is 35.5. The predicted molar refractivity (Wildman–Crippen MR) is 111 cm³/mol.